The SMILES string of the molecule is Cn1cncc1CNC1CCNC1=O. The first-order valence-electron chi connectivity index (χ1n) is 4.73. The summed E-state index contributed by atoms with van der Waals surface area (Å²) < 4.78 is 1.94. The second-order valence-electron chi connectivity index (χ2n) is 3.51. The molecule has 76 valence electrons. The molecule has 5 heteroatoms. The second kappa shape index (κ2) is 3.79. The fourth-order valence-corrected chi connectivity index (χ4v) is 1.57. The maximum absolute atomic E-state index is 11.2. The number of aryl methyl sites for hydroxylation is 1. The molecule has 1 amide bonds. The average molecular weight is 194 g/mol. The van der Waals surface area contributed by atoms with E-state index in [1.54, 1.807) is 12.5 Å². The lowest BCUT2D eigenvalue weighted by Gasteiger charge is -2.09. The van der Waals surface area contributed by atoms with Crippen LogP contribution in [-0.2, 0) is 18.4 Å². The van der Waals surface area contributed by atoms with Crippen molar-refractivity contribution in [3.63, 3.8) is 0 Å². The molecule has 2 N–H and O–H groups in total. The van der Waals surface area contributed by atoms with Crippen LogP contribution in [0.25, 0.3) is 0 Å². The molecule has 1 unspecified atom stereocenters. The zero-order chi connectivity index (χ0) is 9.97. The number of nitrogens with zero attached hydrogens (tertiary/aromatic N) is 2. The van der Waals surface area contributed by atoms with Gasteiger partial charge in [0.05, 0.1) is 18.1 Å². The second-order valence-corrected chi connectivity index (χ2v) is 3.51. The lowest BCUT2D eigenvalue weighted by atomic mass is 10.2. The van der Waals surface area contributed by atoms with Gasteiger partial charge in [-0.1, -0.05) is 0 Å². The molecular formula is C9H14N4O. The summed E-state index contributed by atoms with van der Waals surface area (Å²) in [7, 11) is 1.94. The molecule has 0 saturated carbocycles. The van der Waals surface area contributed by atoms with Crippen LogP contribution >= 0.6 is 0 Å². The van der Waals surface area contributed by atoms with E-state index in [4.69, 9.17) is 0 Å². The first-order valence-corrected chi connectivity index (χ1v) is 4.73. The smallest absolute Gasteiger partial charge is 0.237 e. The first kappa shape index (κ1) is 9.21. The Morgan fingerprint density at radius 1 is 1.79 bits per heavy atom. The summed E-state index contributed by atoms with van der Waals surface area (Å²) in [6, 6.07) is -0.0371. The van der Waals surface area contributed by atoms with E-state index in [9.17, 15) is 4.79 Å². The van der Waals surface area contributed by atoms with Gasteiger partial charge in [0, 0.05) is 26.3 Å². The zero-order valence-electron chi connectivity index (χ0n) is 8.16. The minimum Gasteiger partial charge on any atom is -0.355 e. The van der Waals surface area contributed by atoms with Crippen LogP contribution < -0.4 is 10.6 Å². The van der Waals surface area contributed by atoms with E-state index >= 15 is 0 Å². The minimum atomic E-state index is -0.0371. The van der Waals surface area contributed by atoms with Crippen molar-refractivity contribution in [3.05, 3.63) is 18.2 Å². The molecule has 1 aliphatic rings. The van der Waals surface area contributed by atoms with Crippen LogP contribution in [0.1, 0.15) is 12.1 Å². The van der Waals surface area contributed by atoms with E-state index in [0.717, 1.165) is 18.7 Å². The largest absolute Gasteiger partial charge is 0.355 e. The lowest BCUT2D eigenvalue weighted by Crippen LogP contribution is -2.36. The minimum absolute atomic E-state index is 0.0371. The maximum Gasteiger partial charge on any atom is 0.237 e. The summed E-state index contributed by atoms with van der Waals surface area (Å²) in [6.07, 6.45) is 4.43. The third kappa shape index (κ3) is 1.77. The van der Waals surface area contributed by atoms with Gasteiger partial charge in [-0.25, -0.2) is 4.98 Å². The Hall–Kier alpha value is -1.36. The standard InChI is InChI=1S/C9H14N4O/c1-13-6-10-4-7(13)5-12-8-2-3-11-9(8)14/h4,6,8,12H,2-3,5H2,1H3,(H,11,14). The van der Waals surface area contributed by atoms with Crippen LogP contribution in [0.5, 0.6) is 0 Å². The average Bonchev–Trinajstić information content (AvgIpc) is 2.72. The van der Waals surface area contributed by atoms with Crippen LogP contribution in [0.2, 0.25) is 0 Å². The number of hydrogen-bond acceptors (Lipinski definition) is 3. The Morgan fingerprint density at radius 2 is 2.64 bits per heavy atom. The van der Waals surface area contributed by atoms with Gasteiger partial charge in [0.1, 0.15) is 0 Å². The number of aromatic nitrogens is 2. The van der Waals surface area contributed by atoms with E-state index in [2.05, 4.69) is 15.6 Å². The summed E-state index contributed by atoms with van der Waals surface area (Å²) in [5, 5.41) is 5.99. The Labute approximate surface area is 82.5 Å². The third-order valence-corrected chi connectivity index (χ3v) is 2.49. The van der Waals surface area contributed by atoms with E-state index < -0.39 is 0 Å². The van der Waals surface area contributed by atoms with Crippen LogP contribution in [-0.4, -0.2) is 28.0 Å². The van der Waals surface area contributed by atoms with Crippen molar-refractivity contribution in [1.29, 1.82) is 0 Å². The maximum atomic E-state index is 11.2. The van der Waals surface area contributed by atoms with E-state index in [0.29, 0.717) is 6.54 Å². The highest BCUT2D eigenvalue weighted by molar-refractivity contribution is 5.83. The fraction of sp³-hybridized carbons (Fsp3) is 0.556. The topological polar surface area (TPSA) is 59.0 Å². The summed E-state index contributed by atoms with van der Waals surface area (Å²) in [6.45, 7) is 1.47. The van der Waals surface area contributed by atoms with Gasteiger partial charge in [0.25, 0.3) is 0 Å². The quantitative estimate of drug-likeness (QED) is 0.675. The number of carbonyl (C=O) groups excluding carboxylic acids is 1. The van der Waals surface area contributed by atoms with Crippen molar-refractivity contribution in [2.75, 3.05) is 6.54 Å². The highest BCUT2D eigenvalue weighted by Gasteiger charge is 2.23. The molecule has 0 spiro atoms. The van der Waals surface area contributed by atoms with Gasteiger partial charge in [-0.05, 0) is 6.42 Å². The molecule has 1 aromatic heterocycles. The van der Waals surface area contributed by atoms with Crippen molar-refractivity contribution < 1.29 is 4.79 Å². The van der Waals surface area contributed by atoms with Crippen molar-refractivity contribution >= 4 is 5.91 Å². The Kier molecular flexibility index (Phi) is 2.49. The number of carbonyl (C=O) groups is 1. The number of amides is 1. The van der Waals surface area contributed by atoms with E-state index in [1.807, 2.05) is 11.6 Å². The predicted molar refractivity (Wildman–Crippen MR) is 51.5 cm³/mol. The third-order valence-electron chi connectivity index (χ3n) is 2.49. The summed E-state index contributed by atoms with van der Waals surface area (Å²) in [5.74, 6) is 0.104. The number of imidazole rings is 1. The highest BCUT2D eigenvalue weighted by atomic mass is 16.2. The fourth-order valence-electron chi connectivity index (χ4n) is 1.57. The highest BCUT2D eigenvalue weighted by Crippen LogP contribution is 2.02. The van der Waals surface area contributed by atoms with Gasteiger partial charge >= 0.3 is 0 Å². The molecular weight excluding hydrogens is 180 g/mol. The Morgan fingerprint density at radius 3 is 3.21 bits per heavy atom. The molecule has 2 heterocycles. The van der Waals surface area contributed by atoms with Gasteiger partial charge < -0.3 is 15.2 Å². The summed E-state index contributed by atoms with van der Waals surface area (Å²) in [4.78, 5) is 15.2. The molecule has 0 aromatic carbocycles. The molecule has 2 rings (SSSR count). The van der Waals surface area contributed by atoms with Crippen LogP contribution in [0.3, 0.4) is 0 Å². The van der Waals surface area contributed by atoms with Crippen LogP contribution in [0, 0.1) is 0 Å². The van der Waals surface area contributed by atoms with Gasteiger partial charge in [-0.2, -0.15) is 0 Å². The number of nitrogens with one attached hydrogen (secondary N) is 2. The van der Waals surface area contributed by atoms with Crippen molar-refractivity contribution in [2.24, 2.45) is 7.05 Å². The van der Waals surface area contributed by atoms with Crippen molar-refractivity contribution in [2.45, 2.75) is 19.0 Å². The van der Waals surface area contributed by atoms with Crippen molar-refractivity contribution in [3.8, 4) is 0 Å². The first-order chi connectivity index (χ1) is 6.77. The van der Waals surface area contributed by atoms with Gasteiger partial charge in [0.15, 0.2) is 0 Å². The zero-order valence-corrected chi connectivity index (χ0v) is 8.16. The summed E-state index contributed by atoms with van der Waals surface area (Å²) in [5.41, 5.74) is 1.09. The van der Waals surface area contributed by atoms with Crippen LogP contribution in [0.15, 0.2) is 12.5 Å². The lowest BCUT2D eigenvalue weighted by molar-refractivity contribution is -0.120. The van der Waals surface area contributed by atoms with Crippen molar-refractivity contribution in [1.82, 2.24) is 20.2 Å². The normalized spacial score (nSPS) is 21.2. The Balaban J connectivity index is 1.88. The van der Waals surface area contributed by atoms with Gasteiger partial charge in [-0.15, -0.1) is 0 Å². The molecule has 5 nitrogen and oxygen atoms in total. The monoisotopic (exact) mass is 194 g/mol. The summed E-state index contributed by atoms with van der Waals surface area (Å²) >= 11 is 0. The van der Waals surface area contributed by atoms with E-state index in [1.165, 1.54) is 0 Å². The molecule has 1 saturated heterocycles. The number of hydrogen-bond donors (Lipinski definition) is 2. The molecule has 1 aromatic rings. The molecule has 1 fully saturated rings. The molecule has 0 radical (unpaired) electrons. The molecule has 0 aliphatic carbocycles. The molecule has 1 aliphatic heterocycles. The van der Waals surface area contributed by atoms with Gasteiger partial charge in [0.2, 0.25) is 5.91 Å². The molecule has 1 atom stereocenters. The molecule has 0 bridgehead atoms. The molecule has 14 heavy (non-hydrogen) atoms. The Bertz CT molecular complexity index is 333. The van der Waals surface area contributed by atoms with E-state index in [-0.39, 0.29) is 11.9 Å². The predicted octanol–water partition coefficient (Wildman–Crippen LogP) is -0.602. The number of rotatable bonds is 3. The van der Waals surface area contributed by atoms with Gasteiger partial charge in [-0.3, -0.25) is 4.79 Å². The van der Waals surface area contributed by atoms with Crippen LogP contribution in [0.4, 0.5) is 0 Å².